The van der Waals surface area contributed by atoms with Crippen molar-refractivity contribution in [3.8, 4) is 5.75 Å². The first-order valence-electron chi connectivity index (χ1n) is 9.23. The Morgan fingerprint density at radius 2 is 2.17 bits per heavy atom. The molecule has 1 atom stereocenters. The van der Waals surface area contributed by atoms with Gasteiger partial charge in [0.2, 0.25) is 0 Å². The second-order valence-electron chi connectivity index (χ2n) is 6.48. The lowest BCUT2D eigenvalue weighted by atomic mass is 10.2. The maximum absolute atomic E-state index is 12.7. The van der Waals surface area contributed by atoms with Crippen molar-refractivity contribution in [2.45, 2.75) is 32.5 Å². The number of alkyl halides is 2. The number of rotatable bonds is 7. The van der Waals surface area contributed by atoms with Crippen molar-refractivity contribution in [3.63, 3.8) is 0 Å². The van der Waals surface area contributed by atoms with Crippen LogP contribution >= 0.6 is 24.0 Å². The second-order valence-corrected chi connectivity index (χ2v) is 6.48. The molecule has 11 heteroatoms. The van der Waals surface area contributed by atoms with Gasteiger partial charge in [-0.25, -0.2) is 4.99 Å². The first kappa shape index (κ1) is 23.1. The Hall–Kier alpha value is -2.18. The maximum atomic E-state index is 12.7. The molecule has 2 aromatic rings. The largest absolute Gasteiger partial charge is 0.433 e. The molecule has 1 aliphatic rings. The average molecular weight is 521 g/mol. The van der Waals surface area contributed by atoms with E-state index in [4.69, 9.17) is 0 Å². The van der Waals surface area contributed by atoms with Crippen LogP contribution in [0.2, 0.25) is 0 Å². The molecule has 0 bridgehead atoms. The minimum Gasteiger partial charge on any atom is -0.433 e. The van der Waals surface area contributed by atoms with Crippen LogP contribution in [0.15, 0.2) is 35.6 Å². The van der Waals surface area contributed by atoms with Gasteiger partial charge in [0.25, 0.3) is 0 Å². The lowest BCUT2D eigenvalue weighted by Crippen LogP contribution is -2.44. The highest BCUT2D eigenvalue weighted by atomic mass is 127. The van der Waals surface area contributed by atoms with Crippen LogP contribution in [-0.2, 0) is 13.6 Å². The van der Waals surface area contributed by atoms with E-state index >= 15 is 0 Å². The van der Waals surface area contributed by atoms with Crippen molar-refractivity contribution in [1.29, 1.82) is 0 Å². The molecule has 2 N–H and O–H groups in total. The highest BCUT2D eigenvalue weighted by Gasteiger charge is 2.26. The number of para-hydroxylation sites is 2. The van der Waals surface area contributed by atoms with E-state index in [-0.39, 0.29) is 35.8 Å². The first-order valence-corrected chi connectivity index (χ1v) is 9.23. The minimum atomic E-state index is -2.84. The number of benzene rings is 1. The van der Waals surface area contributed by atoms with E-state index in [0.29, 0.717) is 24.7 Å². The van der Waals surface area contributed by atoms with Gasteiger partial charge in [0.1, 0.15) is 18.6 Å². The van der Waals surface area contributed by atoms with E-state index in [2.05, 4.69) is 30.6 Å². The van der Waals surface area contributed by atoms with Crippen molar-refractivity contribution in [1.82, 2.24) is 25.4 Å². The zero-order chi connectivity index (χ0) is 19.9. The van der Waals surface area contributed by atoms with Gasteiger partial charge in [-0.15, -0.1) is 34.2 Å². The third-order valence-corrected chi connectivity index (χ3v) is 4.48. The van der Waals surface area contributed by atoms with Crippen LogP contribution in [0, 0.1) is 0 Å². The van der Waals surface area contributed by atoms with Crippen molar-refractivity contribution in [2.24, 2.45) is 12.0 Å². The summed E-state index contributed by atoms with van der Waals surface area (Å²) in [5.74, 6) is 1.65. The fourth-order valence-electron chi connectivity index (χ4n) is 3.12. The highest BCUT2D eigenvalue weighted by Crippen LogP contribution is 2.31. The Morgan fingerprint density at radius 1 is 1.38 bits per heavy atom. The summed E-state index contributed by atoms with van der Waals surface area (Å²) in [6.45, 7) is 1.70. The summed E-state index contributed by atoms with van der Waals surface area (Å²) in [6.07, 6.45) is 2.50. The van der Waals surface area contributed by atoms with Crippen LogP contribution in [0.3, 0.4) is 0 Å². The number of aliphatic imine (C=N–C) groups is 1. The molecule has 0 amide bonds. The molecule has 1 fully saturated rings. The monoisotopic (exact) mass is 521 g/mol. The van der Waals surface area contributed by atoms with Crippen molar-refractivity contribution in [2.75, 3.05) is 24.5 Å². The fraction of sp³-hybridized carbons (Fsp3) is 0.500. The first-order chi connectivity index (χ1) is 13.6. The molecule has 8 nitrogen and oxygen atoms in total. The van der Waals surface area contributed by atoms with Gasteiger partial charge in [0.05, 0.1) is 5.69 Å². The fourth-order valence-corrected chi connectivity index (χ4v) is 3.12. The molecule has 0 spiro atoms. The normalized spacial score (nSPS) is 16.7. The predicted octanol–water partition coefficient (Wildman–Crippen LogP) is 2.37. The smallest absolute Gasteiger partial charge is 0.387 e. The van der Waals surface area contributed by atoms with Crippen LogP contribution in [-0.4, -0.2) is 53.0 Å². The molecule has 3 rings (SSSR count). The number of anilines is 1. The van der Waals surface area contributed by atoms with Gasteiger partial charge in [0.15, 0.2) is 11.8 Å². The quantitative estimate of drug-likeness (QED) is 0.331. The van der Waals surface area contributed by atoms with Crippen molar-refractivity contribution < 1.29 is 13.5 Å². The number of aromatic nitrogens is 3. The Kier molecular flexibility index (Phi) is 8.86. The number of ether oxygens (including phenoxy) is 1. The second kappa shape index (κ2) is 11.1. The molecule has 160 valence electrons. The molecule has 0 saturated carbocycles. The summed E-state index contributed by atoms with van der Waals surface area (Å²) >= 11 is 0. The van der Waals surface area contributed by atoms with E-state index < -0.39 is 6.61 Å². The molecule has 1 unspecified atom stereocenters. The summed E-state index contributed by atoms with van der Waals surface area (Å²) < 4.78 is 31.8. The van der Waals surface area contributed by atoms with Gasteiger partial charge in [0, 0.05) is 32.7 Å². The van der Waals surface area contributed by atoms with Gasteiger partial charge >= 0.3 is 6.61 Å². The number of aryl methyl sites for hydroxylation is 1. The lowest BCUT2D eigenvalue weighted by Gasteiger charge is -2.22. The molecular weight excluding hydrogens is 495 g/mol. The molecule has 1 saturated heterocycles. The number of halogens is 3. The SMILES string of the molecule is CCNC(=NCc1nncn1C)NC1CCN(c2ccccc2OC(F)F)C1.I. The molecule has 0 aliphatic carbocycles. The zero-order valence-corrected chi connectivity index (χ0v) is 18.7. The summed E-state index contributed by atoms with van der Waals surface area (Å²) in [4.78, 5) is 6.61. The van der Waals surface area contributed by atoms with Gasteiger partial charge in [-0.3, -0.25) is 0 Å². The van der Waals surface area contributed by atoms with Crippen molar-refractivity contribution in [3.05, 3.63) is 36.4 Å². The molecule has 29 heavy (non-hydrogen) atoms. The summed E-state index contributed by atoms with van der Waals surface area (Å²) in [7, 11) is 1.87. The van der Waals surface area contributed by atoms with Crippen LogP contribution in [0.1, 0.15) is 19.2 Å². The van der Waals surface area contributed by atoms with Crippen molar-refractivity contribution >= 4 is 35.6 Å². The van der Waals surface area contributed by atoms with E-state index in [9.17, 15) is 8.78 Å². The third-order valence-electron chi connectivity index (χ3n) is 4.48. The Bertz CT molecular complexity index is 802. The minimum absolute atomic E-state index is 0. The number of guanidine groups is 1. The summed E-state index contributed by atoms with van der Waals surface area (Å²) in [6, 6.07) is 7.01. The topological polar surface area (TPSA) is 79.6 Å². The van der Waals surface area contributed by atoms with Gasteiger partial charge in [-0.1, -0.05) is 12.1 Å². The maximum Gasteiger partial charge on any atom is 0.387 e. The summed E-state index contributed by atoms with van der Waals surface area (Å²) in [5, 5.41) is 14.5. The van der Waals surface area contributed by atoms with Crippen LogP contribution < -0.4 is 20.3 Å². The van der Waals surface area contributed by atoms with Gasteiger partial charge in [-0.2, -0.15) is 8.78 Å². The lowest BCUT2D eigenvalue weighted by molar-refractivity contribution is -0.0495. The van der Waals surface area contributed by atoms with Gasteiger partial charge < -0.3 is 24.8 Å². The number of hydrogen-bond acceptors (Lipinski definition) is 5. The van der Waals surface area contributed by atoms with Crippen LogP contribution in [0.25, 0.3) is 0 Å². The summed E-state index contributed by atoms with van der Waals surface area (Å²) in [5.41, 5.74) is 0.674. The van der Waals surface area contributed by atoms with E-state index in [1.807, 2.05) is 29.5 Å². The molecule has 0 radical (unpaired) electrons. The average Bonchev–Trinajstić information content (AvgIpc) is 3.29. The predicted molar refractivity (Wildman–Crippen MR) is 118 cm³/mol. The van der Waals surface area contributed by atoms with Crippen LogP contribution in [0.5, 0.6) is 5.75 Å². The molecule has 1 aliphatic heterocycles. The number of hydrogen-bond donors (Lipinski definition) is 2. The zero-order valence-electron chi connectivity index (χ0n) is 16.4. The molecule has 1 aromatic carbocycles. The Balaban J connectivity index is 0.00000300. The Morgan fingerprint density at radius 3 is 2.86 bits per heavy atom. The van der Waals surface area contributed by atoms with E-state index in [1.54, 1.807) is 24.5 Å². The van der Waals surface area contributed by atoms with E-state index in [1.165, 1.54) is 0 Å². The highest BCUT2D eigenvalue weighted by molar-refractivity contribution is 14.0. The standard InChI is InChI=1S/C18H25F2N7O.HI/c1-3-21-18(22-10-16-25-23-12-26(16)2)24-13-8-9-27(11-13)14-6-4-5-7-15(14)28-17(19)20;/h4-7,12-13,17H,3,8-11H2,1-2H3,(H2,21,22,24);1H. The number of nitrogens with one attached hydrogen (secondary N) is 2. The van der Waals surface area contributed by atoms with Gasteiger partial charge in [-0.05, 0) is 25.5 Å². The molecular formula is C18H26F2IN7O. The molecule has 2 heterocycles. The van der Waals surface area contributed by atoms with Crippen LogP contribution in [0.4, 0.5) is 14.5 Å². The molecule has 1 aromatic heterocycles. The third kappa shape index (κ3) is 6.41. The Labute approximate surface area is 185 Å². The van der Waals surface area contributed by atoms with E-state index in [0.717, 1.165) is 25.3 Å². The number of nitrogens with zero attached hydrogens (tertiary/aromatic N) is 5.